The Morgan fingerprint density at radius 2 is 1.96 bits per heavy atom. The van der Waals surface area contributed by atoms with Gasteiger partial charge in [-0.05, 0) is 44.0 Å². The molecule has 0 saturated carbocycles. The second-order valence-corrected chi connectivity index (χ2v) is 7.90. The van der Waals surface area contributed by atoms with Crippen molar-refractivity contribution in [1.82, 2.24) is 14.9 Å². The van der Waals surface area contributed by atoms with Crippen molar-refractivity contribution in [1.29, 1.82) is 0 Å². The van der Waals surface area contributed by atoms with Crippen LogP contribution in [0.5, 0.6) is 0 Å². The molecule has 1 aliphatic heterocycles. The van der Waals surface area contributed by atoms with Crippen molar-refractivity contribution in [3.8, 4) is 0 Å². The second-order valence-electron chi connectivity index (χ2n) is 6.82. The summed E-state index contributed by atoms with van der Waals surface area (Å²) < 4.78 is 0. The predicted octanol–water partition coefficient (Wildman–Crippen LogP) is 3.16. The van der Waals surface area contributed by atoms with Gasteiger partial charge >= 0.3 is 0 Å². The molecule has 0 unspecified atom stereocenters. The van der Waals surface area contributed by atoms with Crippen molar-refractivity contribution in [2.45, 2.75) is 31.3 Å². The van der Waals surface area contributed by atoms with Gasteiger partial charge in [-0.15, -0.1) is 0 Å². The van der Waals surface area contributed by atoms with Crippen LogP contribution in [-0.4, -0.2) is 53.3 Å². The SMILES string of the molecule is Cc1cccc(N2CCN(CCCCCSc3nccc(=O)[nH]3)CC2)c1. The summed E-state index contributed by atoms with van der Waals surface area (Å²) in [5.74, 6) is 1.01. The molecule has 2 heterocycles. The number of hydrogen-bond acceptors (Lipinski definition) is 5. The Morgan fingerprint density at radius 1 is 1.12 bits per heavy atom. The highest BCUT2D eigenvalue weighted by molar-refractivity contribution is 7.99. The number of nitrogens with one attached hydrogen (secondary N) is 1. The Hall–Kier alpha value is -1.79. The molecular formula is C20H28N4OS. The van der Waals surface area contributed by atoms with E-state index in [1.54, 1.807) is 18.0 Å². The normalized spacial score (nSPS) is 15.3. The molecule has 140 valence electrons. The van der Waals surface area contributed by atoms with Crippen LogP contribution in [0.15, 0.2) is 46.5 Å². The summed E-state index contributed by atoms with van der Waals surface area (Å²) in [6, 6.07) is 10.2. The zero-order valence-corrected chi connectivity index (χ0v) is 16.3. The largest absolute Gasteiger partial charge is 0.369 e. The maximum atomic E-state index is 11.2. The molecule has 1 saturated heterocycles. The number of thioether (sulfide) groups is 1. The number of nitrogens with zero attached hydrogens (tertiary/aromatic N) is 3. The van der Waals surface area contributed by atoms with Gasteiger partial charge in [-0.3, -0.25) is 9.69 Å². The minimum atomic E-state index is -0.0766. The molecule has 0 spiro atoms. The number of piperazine rings is 1. The summed E-state index contributed by atoms with van der Waals surface area (Å²) in [5, 5.41) is 0.727. The summed E-state index contributed by atoms with van der Waals surface area (Å²) in [6.45, 7) is 7.88. The van der Waals surface area contributed by atoms with Crippen LogP contribution in [0.25, 0.3) is 0 Å². The van der Waals surface area contributed by atoms with Gasteiger partial charge in [-0.1, -0.05) is 30.3 Å². The third kappa shape index (κ3) is 5.88. The lowest BCUT2D eigenvalue weighted by Crippen LogP contribution is -2.46. The van der Waals surface area contributed by atoms with E-state index in [2.05, 4.69) is 51.0 Å². The molecule has 3 rings (SSSR count). The van der Waals surface area contributed by atoms with E-state index in [-0.39, 0.29) is 5.56 Å². The van der Waals surface area contributed by atoms with Crippen molar-refractivity contribution in [2.75, 3.05) is 43.4 Å². The molecule has 1 aromatic carbocycles. The average Bonchev–Trinajstić information content (AvgIpc) is 2.65. The highest BCUT2D eigenvalue weighted by Gasteiger charge is 2.16. The third-order valence-electron chi connectivity index (χ3n) is 4.74. The zero-order valence-electron chi connectivity index (χ0n) is 15.5. The zero-order chi connectivity index (χ0) is 18.2. The van der Waals surface area contributed by atoms with Crippen molar-refractivity contribution >= 4 is 17.4 Å². The first-order valence-electron chi connectivity index (χ1n) is 9.43. The molecule has 26 heavy (non-hydrogen) atoms. The number of aromatic amines is 1. The minimum Gasteiger partial charge on any atom is -0.369 e. The van der Waals surface area contributed by atoms with E-state index in [0.29, 0.717) is 0 Å². The molecular weight excluding hydrogens is 344 g/mol. The Balaban J connectivity index is 1.28. The molecule has 1 fully saturated rings. The van der Waals surface area contributed by atoms with Crippen LogP contribution in [0.2, 0.25) is 0 Å². The average molecular weight is 373 g/mol. The third-order valence-corrected chi connectivity index (χ3v) is 5.72. The van der Waals surface area contributed by atoms with E-state index in [1.807, 2.05) is 0 Å². The van der Waals surface area contributed by atoms with Crippen LogP contribution in [0.1, 0.15) is 24.8 Å². The Labute approximate surface area is 159 Å². The Kier molecular flexibility index (Phi) is 7.14. The molecule has 0 bridgehead atoms. The van der Waals surface area contributed by atoms with E-state index >= 15 is 0 Å². The number of H-pyrrole nitrogens is 1. The summed E-state index contributed by atoms with van der Waals surface area (Å²) in [4.78, 5) is 23.2. The number of rotatable bonds is 8. The topological polar surface area (TPSA) is 52.2 Å². The van der Waals surface area contributed by atoms with E-state index in [1.165, 1.54) is 36.7 Å². The lowest BCUT2D eigenvalue weighted by molar-refractivity contribution is 0.253. The number of aryl methyl sites for hydroxylation is 1. The molecule has 0 aliphatic carbocycles. The minimum absolute atomic E-state index is 0.0766. The second kappa shape index (κ2) is 9.78. The monoisotopic (exact) mass is 372 g/mol. The number of unbranched alkanes of at least 4 members (excludes halogenated alkanes) is 2. The molecule has 0 radical (unpaired) electrons. The lowest BCUT2D eigenvalue weighted by atomic mass is 10.2. The molecule has 1 N–H and O–H groups in total. The van der Waals surface area contributed by atoms with E-state index in [0.717, 1.165) is 43.5 Å². The number of anilines is 1. The van der Waals surface area contributed by atoms with Crippen LogP contribution in [0, 0.1) is 6.92 Å². The fraction of sp³-hybridized carbons (Fsp3) is 0.500. The highest BCUT2D eigenvalue weighted by atomic mass is 32.2. The predicted molar refractivity (Wildman–Crippen MR) is 109 cm³/mol. The van der Waals surface area contributed by atoms with Gasteiger partial charge in [0, 0.05) is 49.9 Å². The van der Waals surface area contributed by atoms with Gasteiger partial charge in [-0.25, -0.2) is 4.98 Å². The quantitative estimate of drug-likeness (QED) is 0.438. The Bertz CT molecular complexity index is 740. The highest BCUT2D eigenvalue weighted by Crippen LogP contribution is 2.18. The summed E-state index contributed by atoms with van der Waals surface area (Å²) in [6.07, 6.45) is 5.19. The fourth-order valence-electron chi connectivity index (χ4n) is 3.26. The van der Waals surface area contributed by atoms with Gasteiger partial charge in [-0.2, -0.15) is 0 Å². The van der Waals surface area contributed by atoms with Gasteiger partial charge in [0.05, 0.1) is 0 Å². The van der Waals surface area contributed by atoms with E-state index in [9.17, 15) is 4.79 Å². The first-order chi connectivity index (χ1) is 12.7. The fourth-order valence-corrected chi connectivity index (χ4v) is 4.11. The van der Waals surface area contributed by atoms with Gasteiger partial charge in [0.1, 0.15) is 0 Å². The summed E-state index contributed by atoms with van der Waals surface area (Å²) in [7, 11) is 0. The van der Waals surface area contributed by atoms with Crippen LogP contribution >= 0.6 is 11.8 Å². The molecule has 0 amide bonds. The summed E-state index contributed by atoms with van der Waals surface area (Å²) >= 11 is 1.63. The number of aromatic nitrogens is 2. The number of benzene rings is 1. The van der Waals surface area contributed by atoms with Crippen molar-refractivity contribution in [2.24, 2.45) is 0 Å². The standard InChI is InChI=1S/C20H28N4OS/c1-17-6-5-7-18(16-17)24-13-11-23(12-14-24)10-3-2-4-15-26-20-21-9-8-19(25)22-20/h5-9,16H,2-4,10-15H2,1H3,(H,21,22,25). The molecule has 0 atom stereocenters. The first kappa shape index (κ1) is 19.0. The van der Waals surface area contributed by atoms with E-state index < -0.39 is 0 Å². The lowest BCUT2D eigenvalue weighted by Gasteiger charge is -2.36. The van der Waals surface area contributed by atoms with Gasteiger partial charge in [0.25, 0.3) is 5.56 Å². The molecule has 6 heteroatoms. The maximum Gasteiger partial charge on any atom is 0.251 e. The van der Waals surface area contributed by atoms with E-state index in [4.69, 9.17) is 0 Å². The molecule has 1 aliphatic rings. The van der Waals surface area contributed by atoms with Gasteiger partial charge in [0.2, 0.25) is 0 Å². The summed E-state index contributed by atoms with van der Waals surface area (Å²) in [5.41, 5.74) is 2.61. The van der Waals surface area contributed by atoms with Crippen LogP contribution in [-0.2, 0) is 0 Å². The van der Waals surface area contributed by atoms with Crippen LogP contribution < -0.4 is 10.5 Å². The van der Waals surface area contributed by atoms with Crippen LogP contribution in [0.3, 0.4) is 0 Å². The van der Waals surface area contributed by atoms with Gasteiger partial charge < -0.3 is 9.88 Å². The smallest absolute Gasteiger partial charge is 0.251 e. The van der Waals surface area contributed by atoms with Crippen LogP contribution in [0.4, 0.5) is 5.69 Å². The number of hydrogen-bond donors (Lipinski definition) is 1. The van der Waals surface area contributed by atoms with Crippen molar-refractivity contribution in [3.63, 3.8) is 0 Å². The molecule has 1 aromatic heterocycles. The van der Waals surface area contributed by atoms with Gasteiger partial charge in [0.15, 0.2) is 5.16 Å². The Morgan fingerprint density at radius 3 is 2.73 bits per heavy atom. The maximum absolute atomic E-state index is 11.2. The van der Waals surface area contributed by atoms with Crippen molar-refractivity contribution < 1.29 is 0 Å². The first-order valence-corrected chi connectivity index (χ1v) is 10.4. The van der Waals surface area contributed by atoms with Crippen molar-refractivity contribution in [3.05, 3.63) is 52.4 Å². The molecule has 2 aromatic rings. The molecule has 5 nitrogen and oxygen atoms in total.